The Morgan fingerprint density at radius 2 is 1.90 bits per heavy atom. The summed E-state index contributed by atoms with van der Waals surface area (Å²) < 4.78 is 0. The lowest BCUT2D eigenvalue weighted by Crippen LogP contribution is -2.44. The molecule has 1 aromatic carbocycles. The molecule has 0 aromatic heterocycles. The summed E-state index contributed by atoms with van der Waals surface area (Å²) in [6, 6.07) is 6.41. The van der Waals surface area contributed by atoms with Crippen LogP contribution in [0.4, 0.5) is 4.79 Å². The molecule has 3 N–H and O–H groups in total. The first-order valence-corrected chi connectivity index (χ1v) is 7.65. The highest BCUT2D eigenvalue weighted by atomic mass is 16.3. The third kappa shape index (κ3) is 4.74. The lowest BCUT2D eigenvalue weighted by atomic mass is 10.0. The number of amides is 2. The van der Waals surface area contributed by atoms with Gasteiger partial charge >= 0.3 is 6.03 Å². The molecule has 0 bridgehead atoms. The minimum Gasteiger partial charge on any atom is -0.396 e. The molecule has 2 amide bonds. The van der Waals surface area contributed by atoms with Gasteiger partial charge in [0.2, 0.25) is 0 Å². The smallest absolute Gasteiger partial charge is 0.315 e. The second-order valence-corrected chi connectivity index (χ2v) is 6.59. The van der Waals surface area contributed by atoms with Crippen LogP contribution in [0, 0.1) is 19.3 Å². The van der Waals surface area contributed by atoms with Crippen molar-refractivity contribution in [2.45, 2.75) is 46.1 Å². The number of hydrogen-bond donors (Lipinski definition) is 3. The van der Waals surface area contributed by atoms with E-state index in [-0.39, 0.29) is 24.1 Å². The van der Waals surface area contributed by atoms with E-state index in [4.69, 9.17) is 0 Å². The molecular weight excluding hydrogens is 264 g/mol. The normalized spacial score (nSPS) is 17.1. The van der Waals surface area contributed by atoms with Crippen LogP contribution in [-0.4, -0.2) is 30.3 Å². The van der Waals surface area contributed by atoms with E-state index in [1.165, 1.54) is 16.7 Å². The van der Waals surface area contributed by atoms with Crippen LogP contribution in [0.15, 0.2) is 18.2 Å². The van der Waals surface area contributed by atoms with E-state index in [0.29, 0.717) is 6.54 Å². The third-order valence-corrected chi connectivity index (χ3v) is 4.12. The molecule has 0 heterocycles. The Morgan fingerprint density at radius 1 is 1.29 bits per heavy atom. The maximum absolute atomic E-state index is 11.9. The van der Waals surface area contributed by atoms with Gasteiger partial charge < -0.3 is 15.7 Å². The molecule has 4 nitrogen and oxygen atoms in total. The van der Waals surface area contributed by atoms with Crippen LogP contribution >= 0.6 is 0 Å². The van der Waals surface area contributed by atoms with Crippen molar-refractivity contribution < 1.29 is 9.90 Å². The molecule has 116 valence electrons. The van der Waals surface area contributed by atoms with Crippen LogP contribution in [0.5, 0.6) is 0 Å². The summed E-state index contributed by atoms with van der Waals surface area (Å²) >= 11 is 0. The minimum absolute atomic E-state index is 0.0474. The molecule has 1 aliphatic carbocycles. The highest BCUT2D eigenvalue weighted by Crippen LogP contribution is 2.44. The van der Waals surface area contributed by atoms with Gasteiger partial charge in [0.05, 0.1) is 6.61 Å². The number of carbonyl (C=O) groups excluding carboxylic acids is 1. The number of hydrogen-bond acceptors (Lipinski definition) is 2. The lowest BCUT2D eigenvalue weighted by molar-refractivity contribution is 0.202. The van der Waals surface area contributed by atoms with Gasteiger partial charge in [0.25, 0.3) is 0 Å². The van der Waals surface area contributed by atoms with Crippen molar-refractivity contribution in [3.8, 4) is 0 Å². The van der Waals surface area contributed by atoms with Gasteiger partial charge in [-0.2, -0.15) is 0 Å². The summed E-state index contributed by atoms with van der Waals surface area (Å²) in [4.78, 5) is 11.9. The minimum atomic E-state index is -0.147. The molecule has 1 saturated carbocycles. The Kier molecular flexibility index (Phi) is 4.88. The number of rotatable bonds is 6. The SMILES string of the molecule is Cc1cc(C)cc(CC(C)NC(=O)NCC2(CO)CC2)c1. The van der Waals surface area contributed by atoms with Gasteiger partial charge in [-0.1, -0.05) is 29.3 Å². The van der Waals surface area contributed by atoms with Crippen LogP contribution < -0.4 is 10.6 Å². The molecule has 1 aliphatic rings. The van der Waals surface area contributed by atoms with Gasteiger partial charge in [-0.15, -0.1) is 0 Å². The average Bonchev–Trinajstić information content (AvgIpc) is 3.15. The summed E-state index contributed by atoms with van der Waals surface area (Å²) in [6.07, 6.45) is 2.82. The van der Waals surface area contributed by atoms with E-state index in [1.807, 2.05) is 6.92 Å². The molecule has 0 saturated heterocycles. The number of aliphatic hydroxyl groups is 1. The van der Waals surface area contributed by atoms with Gasteiger partial charge in [-0.25, -0.2) is 4.79 Å². The van der Waals surface area contributed by atoms with E-state index in [0.717, 1.165) is 19.3 Å². The number of carbonyl (C=O) groups is 1. The Hall–Kier alpha value is -1.55. The maximum atomic E-state index is 11.9. The first-order valence-electron chi connectivity index (χ1n) is 7.65. The van der Waals surface area contributed by atoms with Crippen LogP contribution in [-0.2, 0) is 6.42 Å². The second kappa shape index (κ2) is 6.48. The van der Waals surface area contributed by atoms with Gasteiger partial charge in [0.1, 0.15) is 0 Å². The monoisotopic (exact) mass is 290 g/mol. The van der Waals surface area contributed by atoms with Crippen molar-refractivity contribution in [1.82, 2.24) is 10.6 Å². The third-order valence-electron chi connectivity index (χ3n) is 4.12. The Balaban J connectivity index is 1.78. The van der Waals surface area contributed by atoms with Crippen LogP contribution in [0.1, 0.15) is 36.5 Å². The zero-order chi connectivity index (χ0) is 15.5. The fourth-order valence-corrected chi connectivity index (χ4v) is 2.70. The molecule has 21 heavy (non-hydrogen) atoms. The number of urea groups is 1. The predicted molar refractivity (Wildman–Crippen MR) is 84.4 cm³/mol. The second-order valence-electron chi connectivity index (χ2n) is 6.59. The van der Waals surface area contributed by atoms with E-state index >= 15 is 0 Å². The Bertz CT molecular complexity index is 489. The highest BCUT2D eigenvalue weighted by molar-refractivity contribution is 5.74. The molecule has 0 radical (unpaired) electrons. The largest absolute Gasteiger partial charge is 0.396 e. The molecule has 1 unspecified atom stereocenters. The summed E-state index contributed by atoms with van der Waals surface area (Å²) in [7, 11) is 0. The van der Waals surface area contributed by atoms with Gasteiger partial charge in [0, 0.05) is 18.0 Å². The highest BCUT2D eigenvalue weighted by Gasteiger charge is 2.42. The molecule has 0 aliphatic heterocycles. The zero-order valence-electron chi connectivity index (χ0n) is 13.2. The topological polar surface area (TPSA) is 61.4 Å². The Morgan fingerprint density at radius 3 is 2.43 bits per heavy atom. The number of nitrogens with one attached hydrogen (secondary N) is 2. The molecule has 1 atom stereocenters. The maximum Gasteiger partial charge on any atom is 0.315 e. The molecule has 0 spiro atoms. The van der Waals surface area contributed by atoms with Crippen molar-refractivity contribution in [3.63, 3.8) is 0 Å². The van der Waals surface area contributed by atoms with Crippen LogP contribution in [0.3, 0.4) is 0 Å². The van der Waals surface area contributed by atoms with E-state index in [1.54, 1.807) is 0 Å². The molecule has 1 fully saturated rings. The van der Waals surface area contributed by atoms with E-state index in [9.17, 15) is 9.90 Å². The van der Waals surface area contributed by atoms with Crippen molar-refractivity contribution in [1.29, 1.82) is 0 Å². The fourth-order valence-electron chi connectivity index (χ4n) is 2.70. The lowest BCUT2D eigenvalue weighted by Gasteiger charge is -2.17. The van der Waals surface area contributed by atoms with Crippen LogP contribution in [0.2, 0.25) is 0 Å². The molecule has 1 aromatic rings. The van der Waals surface area contributed by atoms with E-state index < -0.39 is 0 Å². The summed E-state index contributed by atoms with van der Waals surface area (Å²) in [5.74, 6) is 0. The molecule has 4 heteroatoms. The van der Waals surface area contributed by atoms with Gasteiger partial charge in [-0.3, -0.25) is 0 Å². The summed E-state index contributed by atoms with van der Waals surface area (Å²) in [6.45, 7) is 6.91. The van der Waals surface area contributed by atoms with Crippen molar-refractivity contribution in [2.24, 2.45) is 5.41 Å². The molecular formula is C17H26N2O2. The predicted octanol–water partition coefficient (Wildman–Crippen LogP) is 2.31. The fraction of sp³-hybridized carbons (Fsp3) is 0.588. The standard InChI is InChI=1S/C17H26N2O2/c1-12-6-13(2)8-15(7-12)9-14(3)19-16(21)18-10-17(11-20)4-5-17/h6-8,14,20H,4-5,9-11H2,1-3H3,(H2,18,19,21). The first kappa shape index (κ1) is 15.8. The quantitative estimate of drug-likeness (QED) is 0.753. The molecule has 2 rings (SSSR count). The van der Waals surface area contributed by atoms with Gasteiger partial charge in [-0.05, 0) is 45.6 Å². The zero-order valence-corrected chi connectivity index (χ0v) is 13.2. The van der Waals surface area contributed by atoms with Crippen molar-refractivity contribution in [2.75, 3.05) is 13.2 Å². The number of aryl methyl sites for hydroxylation is 2. The van der Waals surface area contributed by atoms with E-state index in [2.05, 4.69) is 42.7 Å². The summed E-state index contributed by atoms with van der Waals surface area (Å²) in [5, 5.41) is 15.1. The summed E-state index contributed by atoms with van der Waals surface area (Å²) in [5.41, 5.74) is 3.70. The van der Waals surface area contributed by atoms with Crippen LogP contribution in [0.25, 0.3) is 0 Å². The number of benzene rings is 1. The van der Waals surface area contributed by atoms with Gasteiger partial charge in [0.15, 0.2) is 0 Å². The number of aliphatic hydroxyl groups excluding tert-OH is 1. The first-order chi connectivity index (χ1) is 9.92. The van der Waals surface area contributed by atoms with Crippen molar-refractivity contribution >= 4 is 6.03 Å². The Labute approximate surface area is 126 Å². The average molecular weight is 290 g/mol. The van der Waals surface area contributed by atoms with Crippen molar-refractivity contribution in [3.05, 3.63) is 34.9 Å².